The molecule has 0 bridgehead atoms. The summed E-state index contributed by atoms with van der Waals surface area (Å²) in [5, 5.41) is 3.61. The van der Waals surface area contributed by atoms with Gasteiger partial charge in [-0.25, -0.2) is 4.98 Å². The third-order valence-electron chi connectivity index (χ3n) is 3.67. The zero-order valence-electron chi connectivity index (χ0n) is 14.2. The third kappa shape index (κ3) is 4.23. The highest BCUT2D eigenvalue weighted by Gasteiger charge is 2.09. The van der Waals surface area contributed by atoms with Crippen molar-refractivity contribution in [2.24, 2.45) is 0 Å². The van der Waals surface area contributed by atoms with Gasteiger partial charge >= 0.3 is 0 Å². The van der Waals surface area contributed by atoms with E-state index in [0.717, 1.165) is 22.2 Å². The number of aromatic nitrogens is 2. The molecule has 3 rings (SSSR count). The van der Waals surface area contributed by atoms with Crippen LogP contribution in [0.3, 0.4) is 0 Å². The van der Waals surface area contributed by atoms with Gasteiger partial charge in [0.1, 0.15) is 11.6 Å². The van der Waals surface area contributed by atoms with Crippen LogP contribution in [0.25, 0.3) is 10.9 Å². The van der Waals surface area contributed by atoms with Crippen molar-refractivity contribution in [1.82, 2.24) is 15.3 Å². The molecule has 6 nitrogen and oxygen atoms in total. The fraction of sp³-hybridized carbons (Fsp3) is 0.211. The Morgan fingerprint density at radius 1 is 1.08 bits per heavy atom. The molecule has 0 aliphatic rings. The number of fused-ring (bicyclic) bond motifs is 1. The monoisotopic (exact) mass is 337 g/mol. The number of amides is 1. The fourth-order valence-electron chi connectivity index (χ4n) is 2.40. The smallest absolute Gasteiger partial charge is 0.258 e. The van der Waals surface area contributed by atoms with E-state index in [9.17, 15) is 4.79 Å². The molecule has 25 heavy (non-hydrogen) atoms. The maximum Gasteiger partial charge on any atom is 0.258 e. The quantitative estimate of drug-likeness (QED) is 0.748. The van der Waals surface area contributed by atoms with E-state index in [2.05, 4.69) is 15.3 Å². The predicted molar refractivity (Wildman–Crippen MR) is 94.6 cm³/mol. The van der Waals surface area contributed by atoms with E-state index in [1.165, 1.54) is 0 Å². The lowest BCUT2D eigenvalue weighted by Crippen LogP contribution is -2.28. The summed E-state index contributed by atoms with van der Waals surface area (Å²) < 4.78 is 10.7. The predicted octanol–water partition coefficient (Wildman–Crippen LogP) is 2.64. The number of aryl methyl sites for hydroxylation is 1. The molecule has 0 aliphatic carbocycles. The molecule has 0 atom stereocenters. The molecule has 1 aromatic heterocycles. The molecule has 0 aliphatic heterocycles. The van der Waals surface area contributed by atoms with Crippen LogP contribution in [0.2, 0.25) is 0 Å². The second kappa shape index (κ2) is 7.61. The topological polar surface area (TPSA) is 73.3 Å². The number of nitrogens with zero attached hydrogens (tertiary/aromatic N) is 2. The number of ether oxygens (including phenoxy) is 2. The summed E-state index contributed by atoms with van der Waals surface area (Å²) in [7, 11) is 1.62. The van der Waals surface area contributed by atoms with Crippen molar-refractivity contribution >= 4 is 16.8 Å². The van der Waals surface area contributed by atoms with Gasteiger partial charge in [-0.15, -0.1) is 0 Å². The van der Waals surface area contributed by atoms with Gasteiger partial charge in [0.2, 0.25) is 5.88 Å². The van der Waals surface area contributed by atoms with E-state index in [1.54, 1.807) is 14.0 Å². The molecule has 128 valence electrons. The summed E-state index contributed by atoms with van der Waals surface area (Å²) in [6.45, 7) is 2.12. The summed E-state index contributed by atoms with van der Waals surface area (Å²) >= 11 is 0. The van der Waals surface area contributed by atoms with Gasteiger partial charge in [0.25, 0.3) is 5.91 Å². The van der Waals surface area contributed by atoms with Crippen LogP contribution in [-0.4, -0.2) is 29.6 Å². The maximum absolute atomic E-state index is 12.0. The van der Waals surface area contributed by atoms with Crippen LogP contribution in [-0.2, 0) is 11.3 Å². The lowest BCUT2D eigenvalue weighted by Gasteiger charge is -2.10. The fourth-order valence-corrected chi connectivity index (χ4v) is 2.40. The van der Waals surface area contributed by atoms with Crippen LogP contribution in [0.1, 0.15) is 11.4 Å². The highest BCUT2D eigenvalue weighted by molar-refractivity contribution is 5.84. The number of benzene rings is 2. The third-order valence-corrected chi connectivity index (χ3v) is 3.67. The minimum atomic E-state index is -0.212. The van der Waals surface area contributed by atoms with Gasteiger partial charge in [-0.05, 0) is 36.8 Å². The molecule has 0 saturated carbocycles. The first-order valence-corrected chi connectivity index (χ1v) is 7.91. The molecule has 2 aromatic carbocycles. The lowest BCUT2D eigenvalue weighted by atomic mass is 10.2. The summed E-state index contributed by atoms with van der Waals surface area (Å²) in [5.41, 5.74) is 1.78. The highest BCUT2D eigenvalue weighted by Crippen LogP contribution is 2.21. The molecule has 0 saturated heterocycles. The van der Waals surface area contributed by atoms with E-state index in [1.807, 2.05) is 48.5 Å². The van der Waals surface area contributed by atoms with Gasteiger partial charge in [-0.2, -0.15) is 4.98 Å². The number of methoxy groups -OCH3 is 1. The molecule has 1 N–H and O–H groups in total. The standard InChI is InChI=1S/C19H19N3O3/c1-13-21-17-6-4-3-5-16(17)19(22-13)25-12-18(23)20-11-14-7-9-15(24-2)10-8-14/h3-10H,11-12H2,1-2H3,(H,20,23). The van der Waals surface area contributed by atoms with Crippen molar-refractivity contribution in [2.45, 2.75) is 13.5 Å². The first-order valence-electron chi connectivity index (χ1n) is 7.91. The van der Waals surface area contributed by atoms with E-state index < -0.39 is 0 Å². The van der Waals surface area contributed by atoms with Crippen molar-refractivity contribution in [3.63, 3.8) is 0 Å². The normalized spacial score (nSPS) is 10.5. The average molecular weight is 337 g/mol. The summed E-state index contributed by atoms with van der Waals surface area (Å²) in [6.07, 6.45) is 0. The Balaban J connectivity index is 1.59. The molecule has 0 fully saturated rings. The van der Waals surface area contributed by atoms with Gasteiger partial charge in [0.05, 0.1) is 18.0 Å². The highest BCUT2D eigenvalue weighted by atomic mass is 16.5. The van der Waals surface area contributed by atoms with Crippen molar-refractivity contribution < 1.29 is 14.3 Å². The minimum absolute atomic E-state index is 0.101. The second-order valence-electron chi connectivity index (χ2n) is 5.51. The summed E-state index contributed by atoms with van der Waals surface area (Å²) in [5.74, 6) is 1.59. The number of nitrogens with one attached hydrogen (secondary N) is 1. The van der Waals surface area contributed by atoms with E-state index in [4.69, 9.17) is 9.47 Å². The molecule has 0 radical (unpaired) electrons. The molecular weight excluding hydrogens is 318 g/mol. The minimum Gasteiger partial charge on any atom is -0.497 e. The molecule has 0 unspecified atom stereocenters. The van der Waals surface area contributed by atoms with Crippen LogP contribution >= 0.6 is 0 Å². The Hall–Kier alpha value is -3.15. The molecule has 1 heterocycles. The van der Waals surface area contributed by atoms with Crippen LogP contribution in [0.15, 0.2) is 48.5 Å². The molecule has 1 amide bonds. The SMILES string of the molecule is COc1ccc(CNC(=O)COc2nc(C)nc3ccccc23)cc1. The van der Waals surface area contributed by atoms with Crippen LogP contribution in [0.4, 0.5) is 0 Å². The van der Waals surface area contributed by atoms with E-state index in [0.29, 0.717) is 18.2 Å². The van der Waals surface area contributed by atoms with Gasteiger partial charge in [-0.1, -0.05) is 24.3 Å². The summed E-state index contributed by atoms with van der Waals surface area (Å²) in [4.78, 5) is 20.7. The van der Waals surface area contributed by atoms with Crippen LogP contribution < -0.4 is 14.8 Å². The molecule has 6 heteroatoms. The number of carbonyl (C=O) groups excluding carboxylic acids is 1. The Morgan fingerprint density at radius 3 is 2.60 bits per heavy atom. The zero-order chi connectivity index (χ0) is 17.6. The van der Waals surface area contributed by atoms with E-state index >= 15 is 0 Å². The van der Waals surface area contributed by atoms with Crippen molar-refractivity contribution in [3.05, 3.63) is 59.9 Å². The van der Waals surface area contributed by atoms with Gasteiger partial charge in [0, 0.05) is 6.54 Å². The van der Waals surface area contributed by atoms with Gasteiger partial charge in [-0.3, -0.25) is 4.79 Å². The Kier molecular flexibility index (Phi) is 5.09. The Bertz CT molecular complexity index is 879. The Labute approximate surface area is 145 Å². The Morgan fingerprint density at radius 2 is 1.84 bits per heavy atom. The van der Waals surface area contributed by atoms with Gasteiger partial charge in [0.15, 0.2) is 6.61 Å². The second-order valence-corrected chi connectivity index (χ2v) is 5.51. The maximum atomic E-state index is 12.0. The molecule has 3 aromatic rings. The lowest BCUT2D eigenvalue weighted by molar-refractivity contribution is -0.123. The van der Waals surface area contributed by atoms with Crippen LogP contribution in [0, 0.1) is 6.92 Å². The average Bonchev–Trinajstić information content (AvgIpc) is 2.64. The largest absolute Gasteiger partial charge is 0.497 e. The summed E-state index contributed by atoms with van der Waals surface area (Å²) in [6, 6.07) is 15.1. The van der Waals surface area contributed by atoms with Crippen LogP contribution in [0.5, 0.6) is 11.6 Å². The van der Waals surface area contributed by atoms with Crippen molar-refractivity contribution in [3.8, 4) is 11.6 Å². The first kappa shape index (κ1) is 16.7. The number of rotatable bonds is 6. The number of hydrogen-bond acceptors (Lipinski definition) is 5. The number of hydrogen-bond donors (Lipinski definition) is 1. The zero-order valence-corrected chi connectivity index (χ0v) is 14.2. The van der Waals surface area contributed by atoms with Gasteiger partial charge < -0.3 is 14.8 Å². The number of carbonyl (C=O) groups is 1. The number of para-hydroxylation sites is 1. The van der Waals surface area contributed by atoms with Crippen molar-refractivity contribution in [1.29, 1.82) is 0 Å². The molecular formula is C19H19N3O3. The molecule has 0 spiro atoms. The van der Waals surface area contributed by atoms with E-state index in [-0.39, 0.29) is 12.5 Å². The first-order chi connectivity index (χ1) is 12.2. The van der Waals surface area contributed by atoms with Crippen molar-refractivity contribution in [2.75, 3.05) is 13.7 Å².